The molecular weight excluding hydrogens is 392 g/mol. The third-order valence-electron chi connectivity index (χ3n) is 4.02. The van der Waals surface area contributed by atoms with Gasteiger partial charge in [-0.1, -0.05) is 6.07 Å². The number of rotatable bonds is 8. The fourth-order valence-corrected chi connectivity index (χ4v) is 3.19. The van der Waals surface area contributed by atoms with E-state index in [4.69, 9.17) is 4.74 Å². The molecule has 0 saturated heterocycles. The van der Waals surface area contributed by atoms with E-state index in [-0.39, 0.29) is 23.3 Å². The molecule has 3 aromatic rings. The summed E-state index contributed by atoms with van der Waals surface area (Å²) in [5.74, 6) is 0.677. The minimum Gasteiger partial charge on any atom is -0.497 e. The van der Waals surface area contributed by atoms with Crippen molar-refractivity contribution in [2.45, 2.75) is 6.92 Å². The van der Waals surface area contributed by atoms with Gasteiger partial charge in [0.2, 0.25) is 11.8 Å². The predicted octanol–water partition coefficient (Wildman–Crippen LogP) is 2.29. The van der Waals surface area contributed by atoms with Crippen LogP contribution in [0.25, 0.3) is 5.69 Å². The first kappa shape index (κ1) is 20.3. The van der Waals surface area contributed by atoms with Crippen molar-refractivity contribution in [3.8, 4) is 11.4 Å². The van der Waals surface area contributed by atoms with Gasteiger partial charge in [-0.25, -0.2) is 4.68 Å². The molecule has 2 amide bonds. The Balaban J connectivity index is 1.47. The molecular formula is C19H20N6O3S. The minimum atomic E-state index is -0.191. The molecule has 2 aromatic carbocycles. The number of aromatic nitrogens is 4. The average Bonchev–Trinajstić information content (AvgIpc) is 3.25. The summed E-state index contributed by atoms with van der Waals surface area (Å²) in [5.41, 5.74) is 2.97. The van der Waals surface area contributed by atoms with E-state index >= 15 is 0 Å². The SMILES string of the molecule is COc1ccc(NC(=O)CSCC(=O)Nc2cccc(-n3cnnn3)c2C)cc1. The first-order valence-corrected chi connectivity index (χ1v) is 9.87. The van der Waals surface area contributed by atoms with E-state index in [1.165, 1.54) is 22.8 Å². The summed E-state index contributed by atoms with van der Waals surface area (Å²) >= 11 is 1.24. The normalized spacial score (nSPS) is 10.4. The summed E-state index contributed by atoms with van der Waals surface area (Å²) in [6.45, 7) is 1.88. The second kappa shape index (κ2) is 9.69. The van der Waals surface area contributed by atoms with Crippen molar-refractivity contribution < 1.29 is 14.3 Å². The van der Waals surface area contributed by atoms with Gasteiger partial charge < -0.3 is 15.4 Å². The maximum atomic E-state index is 12.2. The summed E-state index contributed by atoms with van der Waals surface area (Å²) in [5, 5.41) is 16.8. The minimum absolute atomic E-state index is 0.157. The third kappa shape index (κ3) is 5.55. The highest BCUT2D eigenvalue weighted by Crippen LogP contribution is 2.21. The second-order valence-corrected chi connectivity index (χ2v) is 7.01. The molecule has 1 heterocycles. The number of carbonyl (C=O) groups excluding carboxylic acids is 2. The summed E-state index contributed by atoms with van der Waals surface area (Å²) in [6.07, 6.45) is 1.49. The molecule has 0 unspecified atom stereocenters. The lowest BCUT2D eigenvalue weighted by Crippen LogP contribution is -2.19. The van der Waals surface area contributed by atoms with E-state index in [1.807, 2.05) is 25.1 Å². The number of hydrogen-bond acceptors (Lipinski definition) is 7. The first-order valence-electron chi connectivity index (χ1n) is 8.71. The van der Waals surface area contributed by atoms with Crippen LogP contribution >= 0.6 is 11.8 Å². The Hall–Kier alpha value is -3.40. The molecule has 0 atom stereocenters. The quantitative estimate of drug-likeness (QED) is 0.584. The molecule has 2 N–H and O–H groups in total. The number of benzene rings is 2. The Morgan fingerprint density at radius 1 is 1.07 bits per heavy atom. The molecule has 0 saturated carbocycles. The fraction of sp³-hybridized carbons (Fsp3) is 0.211. The molecule has 0 aliphatic rings. The van der Waals surface area contributed by atoms with Crippen LogP contribution < -0.4 is 15.4 Å². The number of anilines is 2. The monoisotopic (exact) mass is 412 g/mol. The number of methoxy groups -OCH3 is 1. The highest BCUT2D eigenvalue weighted by Gasteiger charge is 2.11. The van der Waals surface area contributed by atoms with E-state index in [1.54, 1.807) is 31.4 Å². The summed E-state index contributed by atoms with van der Waals surface area (Å²) in [4.78, 5) is 24.3. The van der Waals surface area contributed by atoms with Gasteiger partial charge in [0.15, 0.2) is 0 Å². The van der Waals surface area contributed by atoms with Crippen molar-refractivity contribution in [2.75, 3.05) is 29.2 Å². The molecule has 10 heteroatoms. The van der Waals surface area contributed by atoms with Gasteiger partial charge in [0, 0.05) is 11.4 Å². The molecule has 3 rings (SSSR count). The van der Waals surface area contributed by atoms with Crippen molar-refractivity contribution in [3.63, 3.8) is 0 Å². The molecule has 0 fully saturated rings. The molecule has 0 radical (unpaired) electrons. The maximum Gasteiger partial charge on any atom is 0.234 e. The molecule has 0 spiro atoms. The Morgan fingerprint density at radius 3 is 2.45 bits per heavy atom. The molecule has 0 aliphatic carbocycles. The number of hydrogen-bond donors (Lipinski definition) is 2. The van der Waals surface area contributed by atoms with Crippen LogP contribution in [0.2, 0.25) is 0 Å². The van der Waals surface area contributed by atoms with Gasteiger partial charge in [-0.05, 0) is 59.3 Å². The Kier molecular flexibility index (Phi) is 6.80. The van der Waals surface area contributed by atoms with Crippen LogP contribution in [0.4, 0.5) is 11.4 Å². The third-order valence-corrected chi connectivity index (χ3v) is 4.95. The number of nitrogens with zero attached hydrogens (tertiary/aromatic N) is 4. The van der Waals surface area contributed by atoms with Crippen molar-refractivity contribution >= 4 is 35.0 Å². The number of tetrazole rings is 1. The largest absolute Gasteiger partial charge is 0.497 e. The van der Waals surface area contributed by atoms with Gasteiger partial charge >= 0.3 is 0 Å². The lowest BCUT2D eigenvalue weighted by molar-refractivity contribution is -0.114. The summed E-state index contributed by atoms with van der Waals surface area (Å²) in [6, 6.07) is 12.5. The van der Waals surface area contributed by atoms with Gasteiger partial charge in [0.05, 0.1) is 24.3 Å². The lowest BCUT2D eigenvalue weighted by Gasteiger charge is -2.12. The predicted molar refractivity (Wildman–Crippen MR) is 111 cm³/mol. The average molecular weight is 412 g/mol. The standard InChI is InChI=1S/C19H20N6O3S/c1-13-16(4-3-5-17(13)25-12-20-23-24-25)22-19(27)11-29-10-18(26)21-14-6-8-15(28-2)9-7-14/h3-9,12H,10-11H2,1-2H3,(H,21,26)(H,22,27). The Labute approximate surface area is 171 Å². The van der Waals surface area contributed by atoms with Gasteiger partial charge in [0.25, 0.3) is 0 Å². The van der Waals surface area contributed by atoms with E-state index < -0.39 is 0 Å². The summed E-state index contributed by atoms with van der Waals surface area (Å²) < 4.78 is 6.61. The van der Waals surface area contributed by atoms with Gasteiger partial charge in [-0.3, -0.25) is 9.59 Å². The molecule has 1 aromatic heterocycles. The van der Waals surface area contributed by atoms with Crippen molar-refractivity contribution in [1.29, 1.82) is 0 Å². The van der Waals surface area contributed by atoms with Crippen LogP contribution in [0.15, 0.2) is 48.8 Å². The van der Waals surface area contributed by atoms with Crippen molar-refractivity contribution in [3.05, 3.63) is 54.4 Å². The zero-order valence-corrected chi connectivity index (χ0v) is 16.8. The molecule has 9 nitrogen and oxygen atoms in total. The molecule has 29 heavy (non-hydrogen) atoms. The van der Waals surface area contributed by atoms with E-state index in [0.29, 0.717) is 17.1 Å². The van der Waals surface area contributed by atoms with Gasteiger partial charge in [-0.15, -0.1) is 16.9 Å². The van der Waals surface area contributed by atoms with Gasteiger partial charge in [0.1, 0.15) is 12.1 Å². The number of carbonyl (C=O) groups is 2. The highest BCUT2D eigenvalue weighted by molar-refractivity contribution is 8.00. The van der Waals surface area contributed by atoms with Crippen LogP contribution in [0.1, 0.15) is 5.56 Å². The van der Waals surface area contributed by atoms with Crippen LogP contribution in [0.3, 0.4) is 0 Å². The van der Waals surface area contributed by atoms with E-state index in [0.717, 1.165) is 11.3 Å². The van der Waals surface area contributed by atoms with Crippen molar-refractivity contribution in [1.82, 2.24) is 20.2 Å². The first-order chi connectivity index (χ1) is 14.1. The molecule has 0 bridgehead atoms. The second-order valence-electron chi connectivity index (χ2n) is 6.02. The number of amides is 2. The topological polar surface area (TPSA) is 111 Å². The number of nitrogens with one attached hydrogen (secondary N) is 2. The fourth-order valence-electron chi connectivity index (χ4n) is 2.57. The van der Waals surface area contributed by atoms with E-state index in [9.17, 15) is 9.59 Å². The van der Waals surface area contributed by atoms with Gasteiger partial charge in [-0.2, -0.15) is 0 Å². The highest BCUT2D eigenvalue weighted by atomic mass is 32.2. The number of thioether (sulfide) groups is 1. The zero-order chi connectivity index (χ0) is 20.6. The number of ether oxygens (including phenoxy) is 1. The molecule has 0 aliphatic heterocycles. The van der Waals surface area contributed by atoms with Crippen molar-refractivity contribution in [2.24, 2.45) is 0 Å². The molecule has 150 valence electrons. The lowest BCUT2D eigenvalue weighted by atomic mass is 10.1. The maximum absolute atomic E-state index is 12.2. The van der Waals surface area contributed by atoms with Crippen LogP contribution in [-0.2, 0) is 9.59 Å². The van der Waals surface area contributed by atoms with Crippen LogP contribution in [0, 0.1) is 6.92 Å². The van der Waals surface area contributed by atoms with Crippen LogP contribution in [0.5, 0.6) is 5.75 Å². The Bertz CT molecular complexity index is 976. The Morgan fingerprint density at radius 2 is 1.79 bits per heavy atom. The smallest absolute Gasteiger partial charge is 0.234 e. The van der Waals surface area contributed by atoms with Crippen LogP contribution in [-0.4, -0.2) is 50.6 Å². The summed E-state index contributed by atoms with van der Waals surface area (Å²) in [7, 11) is 1.58. The van der Waals surface area contributed by atoms with E-state index in [2.05, 4.69) is 26.2 Å². The zero-order valence-electron chi connectivity index (χ0n) is 16.0.